The molecule has 0 spiro atoms. The van der Waals surface area contributed by atoms with Crippen LogP contribution in [0.1, 0.15) is 0 Å². The van der Waals surface area contributed by atoms with Crippen LogP contribution in [-0.4, -0.2) is 51.6 Å². The summed E-state index contributed by atoms with van der Waals surface area (Å²) in [6.07, 6.45) is -3.17. The number of aliphatic hydroxyl groups excluding tert-OH is 4. The molecule has 0 heterocycles. The highest BCUT2D eigenvalue weighted by Gasteiger charge is 2.22. The second-order valence-electron chi connectivity index (χ2n) is 3.49. The number of hydrazone groups is 1. The van der Waals surface area contributed by atoms with Gasteiger partial charge in [0.1, 0.15) is 18.3 Å². The lowest BCUT2D eigenvalue weighted by molar-refractivity contribution is -0.0541. The number of nitrogens with zero attached hydrogens (tertiary/aromatic N) is 1. The van der Waals surface area contributed by atoms with Crippen molar-refractivity contribution >= 4 is 11.9 Å². The fraction of sp³-hybridized carbons (Fsp3) is 0.364. The van der Waals surface area contributed by atoms with Crippen LogP contribution in [0.25, 0.3) is 0 Å². The van der Waals surface area contributed by atoms with Gasteiger partial charge in [-0.05, 0) is 12.1 Å². The van der Waals surface area contributed by atoms with E-state index in [0.717, 1.165) is 11.9 Å². The van der Waals surface area contributed by atoms with Gasteiger partial charge in [0.05, 0.1) is 18.5 Å². The predicted molar refractivity (Wildman–Crippen MR) is 63.7 cm³/mol. The second-order valence-corrected chi connectivity index (χ2v) is 3.49. The van der Waals surface area contributed by atoms with Crippen LogP contribution in [-0.2, 0) is 0 Å². The SMILES string of the molecule is OCC(O)C(O)C(O)C=NNc1ccccc1. The molecule has 0 saturated heterocycles. The molecule has 0 saturated carbocycles. The Morgan fingerprint density at radius 1 is 1.18 bits per heavy atom. The minimum Gasteiger partial charge on any atom is -0.394 e. The third-order valence-corrected chi connectivity index (χ3v) is 2.13. The molecule has 6 nitrogen and oxygen atoms in total. The third-order valence-electron chi connectivity index (χ3n) is 2.13. The van der Waals surface area contributed by atoms with Crippen molar-refractivity contribution in [2.45, 2.75) is 18.3 Å². The molecule has 0 aliphatic heterocycles. The molecular formula is C11H16N2O4. The first-order valence-corrected chi connectivity index (χ1v) is 5.14. The molecule has 0 aliphatic carbocycles. The van der Waals surface area contributed by atoms with Crippen molar-refractivity contribution in [2.24, 2.45) is 5.10 Å². The van der Waals surface area contributed by atoms with Gasteiger partial charge in [-0.15, -0.1) is 0 Å². The van der Waals surface area contributed by atoms with Crippen molar-refractivity contribution in [1.29, 1.82) is 0 Å². The molecular weight excluding hydrogens is 224 g/mol. The summed E-state index contributed by atoms with van der Waals surface area (Å²) < 4.78 is 0. The van der Waals surface area contributed by atoms with E-state index in [0.29, 0.717) is 0 Å². The van der Waals surface area contributed by atoms with Crippen molar-refractivity contribution in [3.8, 4) is 0 Å². The number of hydrogen-bond donors (Lipinski definition) is 5. The Labute approximate surface area is 98.8 Å². The van der Waals surface area contributed by atoms with E-state index in [9.17, 15) is 10.2 Å². The Morgan fingerprint density at radius 3 is 2.41 bits per heavy atom. The van der Waals surface area contributed by atoms with Crippen LogP contribution < -0.4 is 5.43 Å². The normalized spacial score (nSPS) is 16.7. The van der Waals surface area contributed by atoms with Gasteiger partial charge in [0.25, 0.3) is 0 Å². The number of benzene rings is 1. The molecule has 3 atom stereocenters. The molecule has 3 unspecified atom stereocenters. The fourth-order valence-corrected chi connectivity index (χ4v) is 1.12. The fourth-order valence-electron chi connectivity index (χ4n) is 1.12. The van der Waals surface area contributed by atoms with Gasteiger partial charge in [-0.3, -0.25) is 5.43 Å². The Balaban J connectivity index is 2.43. The van der Waals surface area contributed by atoms with Crippen LogP contribution in [0.15, 0.2) is 35.4 Å². The Bertz CT molecular complexity index is 345. The molecule has 0 bridgehead atoms. The van der Waals surface area contributed by atoms with Crippen LogP contribution in [0.4, 0.5) is 5.69 Å². The highest BCUT2D eigenvalue weighted by atomic mass is 16.4. The quantitative estimate of drug-likeness (QED) is 0.329. The van der Waals surface area contributed by atoms with E-state index in [1.807, 2.05) is 18.2 Å². The van der Waals surface area contributed by atoms with Crippen molar-refractivity contribution in [3.63, 3.8) is 0 Å². The van der Waals surface area contributed by atoms with Crippen LogP contribution in [0.5, 0.6) is 0 Å². The first-order chi connectivity index (χ1) is 8.15. The maximum absolute atomic E-state index is 9.39. The number of nitrogens with one attached hydrogen (secondary N) is 1. The summed E-state index contributed by atoms with van der Waals surface area (Å²) in [6.45, 7) is -0.627. The molecule has 1 rings (SSSR count). The predicted octanol–water partition coefficient (Wildman–Crippen LogP) is -0.841. The van der Waals surface area contributed by atoms with Crippen molar-refractivity contribution < 1.29 is 20.4 Å². The van der Waals surface area contributed by atoms with Crippen LogP contribution in [0.3, 0.4) is 0 Å². The summed E-state index contributed by atoms with van der Waals surface area (Å²) in [6, 6.07) is 9.05. The highest BCUT2D eigenvalue weighted by molar-refractivity contribution is 5.65. The first kappa shape index (κ1) is 13.6. The third kappa shape index (κ3) is 4.49. The minimum atomic E-state index is -1.47. The van der Waals surface area contributed by atoms with Gasteiger partial charge in [0.2, 0.25) is 0 Å². The molecule has 0 fully saturated rings. The monoisotopic (exact) mass is 240 g/mol. The summed E-state index contributed by atoms with van der Waals surface area (Å²) in [4.78, 5) is 0. The maximum atomic E-state index is 9.39. The lowest BCUT2D eigenvalue weighted by Gasteiger charge is -2.18. The van der Waals surface area contributed by atoms with E-state index < -0.39 is 24.9 Å². The average Bonchev–Trinajstić information content (AvgIpc) is 2.38. The number of para-hydroxylation sites is 1. The lowest BCUT2D eigenvalue weighted by atomic mass is 10.1. The molecule has 1 aromatic carbocycles. The molecule has 1 aromatic rings. The number of hydrogen-bond acceptors (Lipinski definition) is 6. The zero-order valence-corrected chi connectivity index (χ0v) is 9.14. The van der Waals surface area contributed by atoms with Crippen LogP contribution in [0.2, 0.25) is 0 Å². The number of anilines is 1. The average molecular weight is 240 g/mol. The minimum absolute atomic E-state index is 0.627. The van der Waals surface area contributed by atoms with Crippen molar-refractivity contribution in [2.75, 3.05) is 12.0 Å². The van der Waals surface area contributed by atoms with Gasteiger partial charge in [-0.25, -0.2) is 0 Å². The topological polar surface area (TPSA) is 105 Å². The summed E-state index contributed by atoms with van der Waals surface area (Å²) in [7, 11) is 0. The highest BCUT2D eigenvalue weighted by Crippen LogP contribution is 2.04. The second kappa shape index (κ2) is 6.97. The molecule has 0 aromatic heterocycles. The molecule has 6 heteroatoms. The molecule has 17 heavy (non-hydrogen) atoms. The van der Waals surface area contributed by atoms with Crippen molar-refractivity contribution in [1.82, 2.24) is 0 Å². The van der Waals surface area contributed by atoms with Gasteiger partial charge in [-0.1, -0.05) is 18.2 Å². The zero-order chi connectivity index (χ0) is 12.7. The van der Waals surface area contributed by atoms with Crippen LogP contribution >= 0.6 is 0 Å². The lowest BCUT2D eigenvalue weighted by Crippen LogP contribution is -2.40. The van der Waals surface area contributed by atoms with Gasteiger partial charge in [-0.2, -0.15) is 5.10 Å². The smallest absolute Gasteiger partial charge is 0.119 e. The standard InChI is InChI=1S/C11H16N2O4/c14-7-10(16)11(17)9(15)6-12-13-8-4-2-1-3-5-8/h1-6,9-11,13-17H,7H2. The van der Waals surface area contributed by atoms with E-state index in [-0.39, 0.29) is 0 Å². The molecule has 5 N–H and O–H groups in total. The summed E-state index contributed by atoms with van der Waals surface area (Å²) >= 11 is 0. The Morgan fingerprint density at radius 2 is 1.82 bits per heavy atom. The molecule has 0 amide bonds. The zero-order valence-electron chi connectivity index (χ0n) is 9.14. The summed E-state index contributed by atoms with van der Waals surface area (Å²) in [5.74, 6) is 0. The van der Waals surface area contributed by atoms with Gasteiger partial charge < -0.3 is 20.4 Å². The molecule has 94 valence electrons. The van der Waals surface area contributed by atoms with E-state index >= 15 is 0 Å². The summed E-state index contributed by atoms with van der Waals surface area (Å²) in [5, 5.41) is 40.0. The van der Waals surface area contributed by atoms with E-state index in [1.165, 1.54) is 0 Å². The van der Waals surface area contributed by atoms with E-state index in [1.54, 1.807) is 12.1 Å². The number of aliphatic hydroxyl groups is 4. The van der Waals surface area contributed by atoms with E-state index in [2.05, 4.69) is 10.5 Å². The van der Waals surface area contributed by atoms with E-state index in [4.69, 9.17) is 10.2 Å². The summed E-state index contributed by atoms with van der Waals surface area (Å²) in [5.41, 5.74) is 3.37. The van der Waals surface area contributed by atoms with Crippen LogP contribution in [0, 0.1) is 0 Å². The molecule has 0 aliphatic rings. The Kier molecular flexibility index (Phi) is 5.58. The largest absolute Gasteiger partial charge is 0.394 e. The van der Waals surface area contributed by atoms with Gasteiger partial charge in [0.15, 0.2) is 0 Å². The maximum Gasteiger partial charge on any atom is 0.119 e. The van der Waals surface area contributed by atoms with Gasteiger partial charge in [0, 0.05) is 0 Å². The Hall–Kier alpha value is -1.47. The van der Waals surface area contributed by atoms with Gasteiger partial charge >= 0.3 is 0 Å². The molecule has 0 radical (unpaired) electrons. The van der Waals surface area contributed by atoms with Crippen molar-refractivity contribution in [3.05, 3.63) is 30.3 Å². The number of rotatable bonds is 6. The first-order valence-electron chi connectivity index (χ1n) is 5.14.